The van der Waals surface area contributed by atoms with Crippen LogP contribution in [-0.2, 0) is 16.1 Å². The number of benzene rings is 1. The van der Waals surface area contributed by atoms with Gasteiger partial charge in [0.05, 0.1) is 36.6 Å². The Balaban J connectivity index is 1.51. The zero-order chi connectivity index (χ0) is 22.7. The van der Waals surface area contributed by atoms with E-state index in [-0.39, 0.29) is 11.7 Å². The number of amides is 1. The van der Waals surface area contributed by atoms with Gasteiger partial charge in [-0.25, -0.2) is 14.8 Å². The number of esters is 1. The number of aryl methyl sites for hydroxylation is 1. The van der Waals surface area contributed by atoms with Crippen LogP contribution in [0.3, 0.4) is 0 Å². The van der Waals surface area contributed by atoms with Crippen molar-refractivity contribution in [3.63, 3.8) is 0 Å². The third kappa shape index (κ3) is 4.38. The molecule has 1 amide bonds. The van der Waals surface area contributed by atoms with Crippen LogP contribution in [-0.4, -0.2) is 39.3 Å². The predicted octanol–water partition coefficient (Wildman–Crippen LogP) is 4.21. The van der Waals surface area contributed by atoms with Crippen molar-refractivity contribution in [2.45, 2.75) is 25.4 Å². The maximum atomic E-state index is 12.5. The molecule has 164 valence electrons. The minimum absolute atomic E-state index is 0.163. The van der Waals surface area contributed by atoms with Crippen molar-refractivity contribution in [3.8, 4) is 0 Å². The lowest BCUT2D eigenvalue weighted by atomic mass is 10.2. The number of furan rings is 1. The lowest BCUT2D eigenvalue weighted by molar-refractivity contribution is -0.113. The average Bonchev–Trinajstić information content (AvgIpc) is 3.40. The molecule has 0 saturated carbocycles. The highest BCUT2D eigenvalue weighted by Gasteiger charge is 2.18. The zero-order valence-corrected chi connectivity index (χ0v) is 18.7. The summed E-state index contributed by atoms with van der Waals surface area (Å²) in [5, 5.41) is 4.49. The van der Waals surface area contributed by atoms with Crippen LogP contribution in [0.25, 0.3) is 11.0 Å². The molecular formula is C23H22N4O4S. The number of fused-ring (bicyclic) bond motifs is 1. The van der Waals surface area contributed by atoms with Gasteiger partial charge in [0, 0.05) is 11.4 Å². The number of hydrogen-bond acceptors (Lipinski definition) is 7. The minimum atomic E-state index is -0.455. The zero-order valence-electron chi connectivity index (χ0n) is 17.9. The van der Waals surface area contributed by atoms with Gasteiger partial charge in [0.2, 0.25) is 5.91 Å². The van der Waals surface area contributed by atoms with E-state index < -0.39 is 5.97 Å². The van der Waals surface area contributed by atoms with Gasteiger partial charge in [0.25, 0.3) is 0 Å². The van der Waals surface area contributed by atoms with Crippen molar-refractivity contribution in [3.05, 3.63) is 71.6 Å². The predicted molar refractivity (Wildman–Crippen MR) is 122 cm³/mol. The number of carbonyl (C=O) groups excluding carboxylic acids is 2. The number of hydrogen-bond donors (Lipinski definition) is 1. The monoisotopic (exact) mass is 450 g/mol. The van der Waals surface area contributed by atoms with Crippen LogP contribution in [0.2, 0.25) is 0 Å². The summed E-state index contributed by atoms with van der Waals surface area (Å²) < 4.78 is 12.3. The molecule has 0 fully saturated rings. The third-order valence-electron chi connectivity index (χ3n) is 5.17. The molecule has 3 aromatic heterocycles. The summed E-state index contributed by atoms with van der Waals surface area (Å²) in [7, 11) is 1.32. The molecule has 4 rings (SSSR count). The molecule has 32 heavy (non-hydrogen) atoms. The van der Waals surface area contributed by atoms with E-state index >= 15 is 0 Å². The lowest BCUT2D eigenvalue weighted by Crippen LogP contribution is -2.14. The second kappa shape index (κ2) is 9.27. The highest BCUT2D eigenvalue weighted by atomic mass is 32.2. The first kappa shape index (κ1) is 21.6. The molecule has 3 heterocycles. The Hall–Kier alpha value is -3.59. The van der Waals surface area contributed by atoms with Gasteiger partial charge in [-0.2, -0.15) is 0 Å². The van der Waals surface area contributed by atoms with Gasteiger partial charge in [0.1, 0.15) is 22.8 Å². The molecule has 0 unspecified atom stereocenters. The van der Waals surface area contributed by atoms with E-state index in [0.717, 1.165) is 33.1 Å². The van der Waals surface area contributed by atoms with Gasteiger partial charge in [-0.1, -0.05) is 17.8 Å². The van der Waals surface area contributed by atoms with Crippen molar-refractivity contribution in [2.75, 3.05) is 18.2 Å². The second-order valence-electron chi connectivity index (χ2n) is 7.16. The summed E-state index contributed by atoms with van der Waals surface area (Å²) >= 11 is 1.34. The van der Waals surface area contributed by atoms with Gasteiger partial charge in [0.15, 0.2) is 0 Å². The molecule has 8 nitrogen and oxygen atoms in total. The van der Waals surface area contributed by atoms with Crippen LogP contribution in [0.4, 0.5) is 5.69 Å². The summed E-state index contributed by atoms with van der Waals surface area (Å²) in [4.78, 5) is 33.1. The first-order valence-corrected chi connectivity index (χ1v) is 10.9. The summed E-state index contributed by atoms with van der Waals surface area (Å²) in [6.45, 7) is 4.64. The van der Waals surface area contributed by atoms with Crippen LogP contribution in [0, 0.1) is 13.8 Å². The van der Waals surface area contributed by atoms with E-state index in [1.165, 1.54) is 25.2 Å². The third-order valence-corrected chi connectivity index (χ3v) is 6.16. The molecule has 0 aliphatic heterocycles. The number of carbonyl (C=O) groups is 2. The smallest absolute Gasteiger partial charge is 0.337 e. The number of ether oxygens (including phenoxy) is 1. The number of methoxy groups -OCH3 is 1. The Morgan fingerprint density at radius 1 is 1.19 bits per heavy atom. The van der Waals surface area contributed by atoms with Gasteiger partial charge < -0.3 is 19.0 Å². The largest absolute Gasteiger partial charge is 0.467 e. The standard InChI is InChI=1S/C23H22N4O4S/c1-14-15(2)27(11-18-8-5-9-31-18)21-20(14)22(25-13-24-21)32-12-19(28)26-17-7-4-6-16(10-17)23(29)30-3/h4-10,13H,11-12H2,1-3H3,(H,26,28). The van der Waals surface area contributed by atoms with Gasteiger partial charge in [-0.05, 0) is 49.7 Å². The van der Waals surface area contributed by atoms with Crippen LogP contribution in [0.5, 0.6) is 0 Å². The molecule has 0 radical (unpaired) electrons. The molecule has 1 aromatic carbocycles. The molecule has 0 aliphatic carbocycles. The summed E-state index contributed by atoms with van der Waals surface area (Å²) in [6, 6.07) is 10.4. The number of aromatic nitrogens is 3. The minimum Gasteiger partial charge on any atom is -0.467 e. The second-order valence-corrected chi connectivity index (χ2v) is 8.13. The fourth-order valence-corrected chi connectivity index (χ4v) is 4.32. The summed E-state index contributed by atoms with van der Waals surface area (Å²) in [6.07, 6.45) is 3.17. The first-order valence-electron chi connectivity index (χ1n) is 9.91. The maximum Gasteiger partial charge on any atom is 0.337 e. The highest BCUT2D eigenvalue weighted by Crippen LogP contribution is 2.31. The molecule has 1 N–H and O–H groups in total. The molecule has 0 aliphatic rings. The maximum absolute atomic E-state index is 12.5. The Kier molecular flexibility index (Phi) is 6.27. The molecule has 0 spiro atoms. The normalized spacial score (nSPS) is 11.0. The van der Waals surface area contributed by atoms with E-state index in [4.69, 9.17) is 9.15 Å². The summed E-state index contributed by atoms with van der Waals surface area (Å²) in [5.74, 6) is 0.347. The Morgan fingerprint density at radius 2 is 2.03 bits per heavy atom. The Bertz CT molecular complexity index is 1280. The van der Waals surface area contributed by atoms with E-state index in [2.05, 4.69) is 19.9 Å². The quantitative estimate of drug-likeness (QED) is 0.256. The fraction of sp³-hybridized carbons (Fsp3) is 0.217. The SMILES string of the molecule is COC(=O)c1cccc(NC(=O)CSc2ncnc3c2c(C)c(C)n3Cc2ccco2)c1. The van der Waals surface area contributed by atoms with Crippen LogP contribution >= 0.6 is 11.8 Å². The van der Waals surface area contributed by atoms with Crippen molar-refractivity contribution in [1.29, 1.82) is 0 Å². The van der Waals surface area contributed by atoms with E-state index in [1.807, 2.05) is 26.0 Å². The van der Waals surface area contributed by atoms with E-state index in [0.29, 0.717) is 17.8 Å². The van der Waals surface area contributed by atoms with Crippen molar-refractivity contribution < 1.29 is 18.7 Å². The molecule has 9 heteroatoms. The first-order chi connectivity index (χ1) is 15.5. The number of thioether (sulfide) groups is 1. The van der Waals surface area contributed by atoms with Crippen LogP contribution in [0.15, 0.2) is 58.4 Å². The molecule has 4 aromatic rings. The van der Waals surface area contributed by atoms with Gasteiger partial charge in [-0.3, -0.25) is 4.79 Å². The van der Waals surface area contributed by atoms with Crippen molar-refractivity contribution in [1.82, 2.24) is 14.5 Å². The Labute approximate surface area is 189 Å². The summed E-state index contributed by atoms with van der Waals surface area (Å²) in [5.41, 5.74) is 3.85. The topological polar surface area (TPSA) is 99.2 Å². The number of nitrogens with zero attached hydrogens (tertiary/aromatic N) is 3. The van der Waals surface area contributed by atoms with E-state index in [1.54, 1.807) is 30.5 Å². The van der Waals surface area contributed by atoms with Crippen LogP contribution in [0.1, 0.15) is 27.4 Å². The molecule has 0 bridgehead atoms. The molecule has 0 atom stereocenters. The number of nitrogens with one attached hydrogen (secondary N) is 1. The van der Waals surface area contributed by atoms with Gasteiger partial charge in [-0.15, -0.1) is 0 Å². The average molecular weight is 451 g/mol. The van der Waals surface area contributed by atoms with Crippen molar-refractivity contribution in [2.24, 2.45) is 0 Å². The number of rotatable bonds is 7. The molecule has 0 saturated heterocycles. The fourth-order valence-electron chi connectivity index (χ4n) is 3.47. The number of anilines is 1. The van der Waals surface area contributed by atoms with Gasteiger partial charge >= 0.3 is 5.97 Å². The highest BCUT2D eigenvalue weighted by molar-refractivity contribution is 8.00. The molecular weight excluding hydrogens is 428 g/mol. The lowest BCUT2D eigenvalue weighted by Gasteiger charge is -2.07. The van der Waals surface area contributed by atoms with E-state index in [9.17, 15) is 9.59 Å². The Morgan fingerprint density at radius 3 is 2.78 bits per heavy atom. The van der Waals surface area contributed by atoms with Crippen molar-refractivity contribution >= 4 is 40.4 Å². The van der Waals surface area contributed by atoms with Crippen LogP contribution < -0.4 is 5.32 Å².